The molecule has 24 heavy (non-hydrogen) atoms. The first-order valence-electron chi connectivity index (χ1n) is 6.65. The van der Waals surface area contributed by atoms with Gasteiger partial charge in [-0.3, -0.25) is 0 Å². The Kier molecular flexibility index (Phi) is 15.2. The van der Waals surface area contributed by atoms with E-state index < -0.39 is 62.0 Å². The van der Waals surface area contributed by atoms with Crippen molar-refractivity contribution in [3.8, 4) is 0 Å². The summed E-state index contributed by atoms with van der Waals surface area (Å²) in [4.78, 5) is 0. The van der Waals surface area contributed by atoms with Gasteiger partial charge >= 0.3 is 0 Å². The van der Waals surface area contributed by atoms with Crippen molar-refractivity contribution in [1.29, 1.82) is 0 Å². The predicted molar refractivity (Wildman–Crippen MR) is 89.5 cm³/mol. The topological polar surface area (TPSA) is 202 Å². The van der Waals surface area contributed by atoms with E-state index in [1.54, 1.807) is 0 Å². The monoisotopic (exact) mass is 392 g/mol. The summed E-state index contributed by atoms with van der Waals surface area (Å²) in [5.41, 5.74) is 0. The van der Waals surface area contributed by atoms with E-state index in [1.807, 2.05) is 0 Å². The molecule has 0 saturated heterocycles. The fraction of sp³-hybridized carbons (Fsp3) is 0.833. The maximum absolute atomic E-state index is 9.02. The van der Waals surface area contributed by atoms with Gasteiger partial charge in [-0.25, -0.2) is 0 Å². The minimum atomic E-state index is -1.61. The molecule has 0 fully saturated rings. The van der Waals surface area contributed by atoms with E-state index in [0.717, 1.165) is 10.7 Å². The average molecular weight is 392 g/mol. The first-order valence-corrected chi connectivity index (χ1v) is 7.60. The Bertz CT molecular complexity index is 316. The summed E-state index contributed by atoms with van der Waals surface area (Å²) < 4.78 is 0. The highest BCUT2D eigenvalue weighted by molar-refractivity contribution is 7.79. The molecule has 0 amide bonds. The second-order valence-electron chi connectivity index (χ2n) is 4.72. The van der Waals surface area contributed by atoms with Crippen LogP contribution in [0.2, 0.25) is 0 Å². The summed E-state index contributed by atoms with van der Waals surface area (Å²) in [5, 5.41) is 89.9. The normalized spacial score (nSPS) is 21.1. The predicted octanol–water partition coefficient (Wildman–Crippen LogP) is -5.16. The molecule has 0 spiro atoms. The van der Waals surface area contributed by atoms with Crippen LogP contribution in [0.1, 0.15) is 0 Å². The van der Waals surface area contributed by atoms with E-state index in [9.17, 15) is 0 Å². The Hall–Kier alpha value is -0.220. The van der Waals surface area contributed by atoms with Crippen molar-refractivity contribution in [2.75, 3.05) is 13.2 Å². The number of thiocarbonyl (C=S) groups is 2. The van der Waals surface area contributed by atoms with Gasteiger partial charge < -0.3 is 51.1 Å². The zero-order chi connectivity index (χ0) is 19.4. The van der Waals surface area contributed by atoms with Crippen LogP contribution >= 0.6 is 24.4 Å². The second-order valence-corrected chi connectivity index (χ2v) is 5.26. The largest absolute Gasteiger partial charge is 0.394 e. The Labute approximate surface area is 148 Å². The minimum absolute atomic E-state index is 0.692. The molecule has 0 heterocycles. The number of aliphatic hydroxyl groups excluding tert-OH is 10. The number of rotatable bonds is 10. The van der Waals surface area contributed by atoms with Gasteiger partial charge in [0, 0.05) is 10.7 Å². The third-order valence-corrected chi connectivity index (χ3v) is 3.40. The van der Waals surface area contributed by atoms with Gasteiger partial charge in [0.15, 0.2) is 0 Å². The molecule has 8 atom stereocenters. The molecule has 0 aliphatic heterocycles. The van der Waals surface area contributed by atoms with E-state index in [0.29, 0.717) is 0 Å². The summed E-state index contributed by atoms with van der Waals surface area (Å²) >= 11 is 8.61. The molecule has 0 rings (SSSR count). The van der Waals surface area contributed by atoms with Gasteiger partial charge in [-0.1, -0.05) is 24.4 Å². The van der Waals surface area contributed by atoms with E-state index in [4.69, 9.17) is 51.1 Å². The lowest BCUT2D eigenvalue weighted by molar-refractivity contribution is -0.0996. The fourth-order valence-corrected chi connectivity index (χ4v) is 1.56. The summed E-state index contributed by atoms with van der Waals surface area (Å²) in [6, 6.07) is 0. The summed E-state index contributed by atoms with van der Waals surface area (Å²) in [6.45, 7) is -1.38. The van der Waals surface area contributed by atoms with Crippen LogP contribution < -0.4 is 0 Å². The maximum atomic E-state index is 9.02. The molecule has 144 valence electrons. The van der Waals surface area contributed by atoms with E-state index in [1.165, 1.54) is 0 Å². The zero-order valence-electron chi connectivity index (χ0n) is 12.5. The molecule has 0 aliphatic rings. The highest BCUT2D eigenvalue weighted by Crippen LogP contribution is 2.04. The SMILES string of the molecule is OC[C@@H](O)[C@@H](O)[C@@H](O)[C@@H](O)C=S.OC[C@@H](O)[C@@H](O)[C@@H](O)[C@H](O)C=S. The molecule has 0 bridgehead atoms. The highest BCUT2D eigenvalue weighted by atomic mass is 32.1. The summed E-state index contributed by atoms with van der Waals surface area (Å²) in [7, 11) is 0. The Morgan fingerprint density at radius 3 is 0.958 bits per heavy atom. The average Bonchev–Trinajstić information content (AvgIpc) is 2.62. The molecule has 0 radical (unpaired) electrons. The Balaban J connectivity index is 0. The molecule has 0 saturated carbocycles. The van der Waals surface area contributed by atoms with Crippen molar-refractivity contribution < 1.29 is 51.1 Å². The molecular weight excluding hydrogens is 368 g/mol. The lowest BCUT2D eigenvalue weighted by Gasteiger charge is -2.23. The summed E-state index contributed by atoms with van der Waals surface area (Å²) in [6.07, 6.45) is -12.1. The Morgan fingerprint density at radius 2 is 0.792 bits per heavy atom. The molecule has 0 aromatic carbocycles. The van der Waals surface area contributed by atoms with Gasteiger partial charge in [0.05, 0.1) is 13.2 Å². The fourth-order valence-electron chi connectivity index (χ4n) is 1.24. The van der Waals surface area contributed by atoms with Gasteiger partial charge in [-0.2, -0.15) is 0 Å². The summed E-state index contributed by atoms with van der Waals surface area (Å²) in [5.74, 6) is 0. The number of aliphatic hydroxyl groups is 10. The van der Waals surface area contributed by atoms with Crippen LogP contribution in [0.15, 0.2) is 0 Å². The van der Waals surface area contributed by atoms with Crippen LogP contribution in [0.25, 0.3) is 0 Å². The second kappa shape index (κ2) is 14.0. The molecule has 0 aromatic heterocycles. The smallest absolute Gasteiger partial charge is 0.113 e. The van der Waals surface area contributed by atoms with Crippen molar-refractivity contribution in [2.24, 2.45) is 0 Å². The van der Waals surface area contributed by atoms with Gasteiger partial charge in [-0.05, 0) is 0 Å². The van der Waals surface area contributed by atoms with Crippen LogP contribution in [-0.2, 0) is 0 Å². The van der Waals surface area contributed by atoms with Crippen LogP contribution in [0.3, 0.4) is 0 Å². The molecule has 0 aromatic rings. The molecule has 0 unspecified atom stereocenters. The van der Waals surface area contributed by atoms with Crippen LogP contribution in [0, 0.1) is 0 Å². The van der Waals surface area contributed by atoms with Crippen molar-refractivity contribution >= 4 is 35.2 Å². The van der Waals surface area contributed by atoms with E-state index >= 15 is 0 Å². The van der Waals surface area contributed by atoms with Crippen molar-refractivity contribution in [2.45, 2.75) is 48.8 Å². The first kappa shape index (κ1) is 26.0. The standard InChI is InChI=1S/2C6H12O5S/c2*7-1-3(8)5(10)6(11)4(9)2-12/h2*2-11H,1H2/t3-,4+,5-,6+;3-,4-,5-,6+/m11/s1. The molecule has 12 heteroatoms. The zero-order valence-corrected chi connectivity index (χ0v) is 14.1. The third kappa shape index (κ3) is 9.31. The highest BCUT2D eigenvalue weighted by Gasteiger charge is 2.29. The Morgan fingerprint density at radius 1 is 0.542 bits per heavy atom. The lowest BCUT2D eigenvalue weighted by Crippen LogP contribution is -2.46. The van der Waals surface area contributed by atoms with Gasteiger partial charge in [0.2, 0.25) is 0 Å². The van der Waals surface area contributed by atoms with Gasteiger partial charge in [-0.15, -0.1) is 0 Å². The molecule has 10 N–H and O–H groups in total. The van der Waals surface area contributed by atoms with E-state index in [2.05, 4.69) is 24.4 Å². The maximum Gasteiger partial charge on any atom is 0.113 e. The van der Waals surface area contributed by atoms with Crippen LogP contribution in [-0.4, -0.2) is 124 Å². The van der Waals surface area contributed by atoms with E-state index in [-0.39, 0.29) is 0 Å². The quantitative estimate of drug-likeness (QED) is 0.159. The van der Waals surface area contributed by atoms with Gasteiger partial charge in [0.1, 0.15) is 48.8 Å². The molecule has 0 aliphatic carbocycles. The third-order valence-electron chi connectivity index (χ3n) is 2.84. The number of hydrogen-bond acceptors (Lipinski definition) is 12. The van der Waals surface area contributed by atoms with Crippen molar-refractivity contribution in [1.82, 2.24) is 0 Å². The first-order chi connectivity index (χ1) is 11.1. The van der Waals surface area contributed by atoms with Crippen LogP contribution in [0.5, 0.6) is 0 Å². The van der Waals surface area contributed by atoms with Crippen molar-refractivity contribution in [3.05, 3.63) is 0 Å². The van der Waals surface area contributed by atoms with Crippen LogP contribution in [0.4, 0.5) is 0 Å². The molecule has 10 nitrogen and oxygen atoms in total. The minimum Gasteiger partial charge on any atom is -0.394 e. The molecular formula is C12H24O10S2. The van der Waals surface area contributed by atoms with Crippen molar-refractivity contribution in [3.63, 3.8) is 0 Å². The number of hydrogen-bond donors (Lipinski definition) is 10. The lowest BCUT2D eigenvalue weighted by atomic mass is 10.0. The van der Waals surface area contributed by atoms with Gasteiger partial charge in [0.25, 0.3) is 0 Å².